The number of carbonyl (C=O) groups excluding carboxylic acids is 1. The number of hydrogen-bond acceptors (Lipinski definition) is 3. The van der Waals surface area contributed by atoms with Crippen LogP contribution < -0.4 is 15.8 Å². The van der Waals surface area contributed by atoms with Gasteiger partial charge in [0.15, 0.2) is 0 Å². The molecule has 1 unspecified atom stereocenters. The largest absolute Gasteiger partial charge is 0.494 e. The third-order valence-corrected chi connectivity index (χ3v) is 2.94. The van der Waals surface area contributed by atoms with Gasteiger partial charge in [0.05, 0.1) is 6.61 Å². The van der Waals surface area contributed by atoms with Crippen LogP contribution in [0.25, 0.3) is 0 Å². The molecule has 1 aromatic rings. The molecular weight excluding hydrogens is 252 g/mol. The van der Waals surface area contributed by atoms with E-state index in [4.69, 9.17) is 10.5 Å². The van der Waals surface area contributed by atoms with Gasteiger partial charge >= 0.3 is 0 Å². The van der Waals surface area contributed by atoms with Crippen molar-refractivity contribution in [1.82, 2.24) is 5.32 Å². The van der Waals surface area contributed by atoms with Crippen LogP contribution in [-0.4, -0.2) is 25.1 Å². The van der Waals surface area contributed by atoms with Crippen LogP contribution in [0.1, 0.15) is 44.0 Å². The van der Waals surface area contributed by atoms with Crippen molar-refractivity contribution < 1.29 is 9.53 Å². The average molecular weight is 278 g/mol. The van der Waals surface area contributed by atoms with Gasteiger partial charge in [0.1, 0.15) is 5.75 Å². The molecule has 1 amide bonds. The van der Waals surface area contributed by atoms with Crippen LogP contribution in [-0.2, 0) is 0 Å². The van der Waals surface area contributed by atoms with Crippen LogP contribution in [0.4, 0.5) is 0 Å². The van der Waals surface area contributed by atoms with Crippen LogP contribution in [0, 0.1) is 5.92 Å². The zero-order chi connectivity index (χ0) is 15.0. The molecule has 112 valence electrons. The Morgan fingerprint density at radius 3 is 2.75 bits per heavy atom. The van der Waals surface area contributed by atoms with Crippen LogP contribution in [0.15, 0.2) is 24.3 Å². The Labute approximate surface area is 121 Å². The molecule has 0 aliphatic heterocycles. The molecule has 1 aromatic carbocycles. The summed E-state index contributed by atoms with van der Waals surface area (Å²) in [4.78, 5) is 12.2. The first-order valence-electron chi connectivity index (χ1n) is 7.30. The average Bonchev–Trinajstić information content (AvgIpc) is 2.44. The molecule has 3 N–H and O–H groups in total. The fourth-order valence-electron chi connectivity index (χ4n) is 2.00. The first-order valence-corrected chi connectivity index (χ1v) is 7.30. The number of ether oxygens (including phenoxy) is 1. The summed E-state index contributed by atoms with van der Waals surface area (Å²) < 4.78 is 5.54. The highest BCUT2D eigenvalue weighted by atomic mass is 16.5. The summed E-state index contributed by atoms with van der Waals surface area (Å²) in [5.41, 5.74) is 6.32. The van der Waals surface area contributed by atoms with E-state index in [1.165, 1.54) is 0 Å². The molecule has 0 spiro atoms. The molecule has 4 nitrogen and oxygen atoms in total. The van der Waals surface area contributed by atoms with E-state index in [2.05, 4.69) is 19.2 Å². The monoisotopic (exact) mass is 278 g/mol. The minimum absolute atomic E-state index is 0.0164. The third-order valence-electron chi connectivity index (χ3n) is 2.94. The van der Waals surface area contributed by atoms with Gasteiger partial charge in [-0.25, -0.2) is 0 Å². The number of benzene rings is 1. The fourth-order valence-corrected chi connectivity index (χ4v) is 2.00. The van der Waals surface area contributed by atoms with Crippen molar-refractivity contribution in [1.29, 1.82) is 0 Å². The molecule has 0 saturated heterocycles. The minimum atomic E-state index is -0.0944. The first kappa shape index (κ1) is 16.5. The summed E-state index contributed by atoms with van der Waals surface area (Å²) in [6.45, 7) is 7.40. The topological polar surface area (TPSA) is 64.3 Å². The van der Waals surface area contributed by atoms with Crippen molar-refractivity contribution in [3.8, 4) is 5.75 Å². The summed E-state index contributed by atoms with van der Waals surface area (Å²) in [6, 6.07) is 7.27. The summed E-state index contributed by atoms with van der Waals surface area (Å²) in [5.74, 6) is 1.14. The fraction of sp³-hybridized carbons (Fsp3) is 0.562. The molecule has 0 radical (unpaired) electrons. The molecule has 0 fully saturated rings. The molecule has 1 atom stereocenters. The Hall–Kier alpha value is -1.55. The van der Waals surface area contributed by atoms with Crippen molar-refractivity contribution >= 4 is 5.91 Å². The Balaban J connectivity index is 2.66. The third kappa shape index (κ3) is 5.61. The summed E-state index contributed by atoms with van der Waals surface area (Å²) in [6.07, 6.45) is 1.83. The maximum Gasteiger partial charge on any atom is 0.251 e. The minimum Gasteiger partial charge on any atom is -0.494 e. The molecule has 0 saturated carbocycles. The van der Waals surface area contributed by atoms with Gasteiger partial charge in [0, 0.05) is 18.2 Å². The lowest BCUT2D eigenvalue weighted by Crippen LogP contribution is -2.41. The van der Waals surface area contributed by atoms with Gasteiger partial charge in [-0.3, -0.25) is 4.79 Å². The van der Waals surface area contributed by atoms with Gasteiger partial charge in [-0.05, 0) is 37.0 Å². The Morgan fingerprint density at radius 1 is 1.40 bits per heavy atom. The van der Waals surface area contributed by atoms with E-state index >= 15 is 0 Å². The number of amides is 1. The van der Waals surface area contributed by atoms with Gasteiger partial charge in [-0.2, -0.15) is 0 Å². The van der Waals surface area contributed by atoms with E-state index in [0.717, 1.165) is 18.6 Å². The molecule has 0 bridgehead atoms. The number of hydrogen-bond donors (Lipinski definition) is 2. The second kappa shape index (κ2) is 8.59. The van der Waals surface area contributed by atoms with Crippen molar-refractivity contribution in [2.75, 3.05) is 13.2 Å². The van der Waals surface area contributed by atoms with Crippen molar-refractivity contribution in [2.24, 2.45) is 11.7 Å². The predicted molar refractivity (Wildman–Crippen MR) is 82.0 cm³/mol. The lowest BCUT2D eigenvalue weighted by Gasteiger charge is -2.19. The van der Waals surface area contributed by atoms with Crippen LogP contribution in [0.5, 0.6) is 5.75 Å². The van der Waals surface area contributed by atoms with Crippen LogP contribution >= 0.6 is 0 Å². The van der Waals surface area contributed by atoms with Crippen LogP contribution in [0.2, 0.25) is 0 Å². The molecule has 0 aromatic heterocycles. The van der Waals surface area contributed by atoms with E-state index in [9.17, 15) is 4.79 Å². The van der Waals surface area contributed by atoms with E-state index in [1.54, 1.807) is 12.1 Å². The van der Waals surface area contributed by atoms with E-state index < -0.39 is 0 Å². The highest BCUT2D eigenvalue weighted by molar-refractivity contribution is 5.94. The maximum atomic E-state index is 12.2. The predicted octanol–water partition coefficient (Wildman–Crippen LogP) is 2.58. The standard InChI is InChI=1S/C16H26N2O2/c1-4-8-20-15-7-5-6-13(10-15)16(19)18-14(11-17)9-12(2)3/h5-7,10,12,14H,4,8-9,11,17H2,1-3H3,(H,18,19). The van der Waals surface area contributed by atoms with Gasteiger partial charge in [0.2, 0.25) is 0 Å². The normalized spacial score (nSPS) is 12.2. The molecule has 20 heavy (non-hydrogen) atoms. The Bertz CT molecular complexity index is 419. The van der Waals surface area contributed by atoms with Gasteiger partial charge in [0.25, 0.3) is 5.91 Å². The van der Waals surface area contributed by atoms with Crippen LogP contribution in [0.3, 0.4) is 0 Å². The van der Waals surface area contributed by atoms with Crippen molar-refractivity contribution in [3.63, 3.8) is 0 Å². The number of carbonyl (C=O) groups is 1. The Morgan fingerprint density at radius 2 is 2.15 bits per heavy atom. The number of nitrogens with one attached hydrogen (secondary N) is 1. The second-order valence-corrected chi connectivity index (χ2v) is 5.41. The molecule has 0 heterocycles. The lowest BCUT2D eigenvalue weighted by molar-refractivity contribution is 0.0933. The highest BCUT2D eigenvalue weighted by Crippen LogP contribution is 2.14. The van der Waals surface area contributed by atoms with E-state index in [-0.39, 0.29) is 11.9 Å². The molecular formula is C16H26N2O2. The SMILES string of the molecule is CCCOc1cccc(C(=O)NC(CN)CC(C)C)c1. The smallest absolute Gasteiger partial charge is 0.251 e. The molecule has 0 aliphatic rings. The highest BCUT2D eigenvalue weighted by Gasteiger charge is 2.14. The van der Waals surface area contributed by atoms with Crippen molar-refractivity contribution in [3.05, 3.63) is 29.8 Å². The van der Waals surface area contributed by atoms with Gasteiger partial charge < -0.3 is 15.8 Å². The zero-order valence-electron chi connectivity index (χ0n) is 12.7. The first-order chi connectivity index (χ1) is 9.56. The zero-order valence-corrected chi connectivity index (χ0v) is 12.7. The van der Waals surface area contributed by atoms with E-state index in [0.29, 0.717) is 24.6 Å². The van der Waals surface area contributed by atoms with Gasteiger partial charge in [-0.1, -0.05) is 26.8 Å². The van der Waals surface area contributed by atoms with Gasteiger partial charge in [-0.15, -0.1) is 0 Å². The summed E-state index contributed by atoms with van der Waals surface area (Å²) in [7, 11) is 0. The maximum absolute atomic E-state index is 12.2. The molecule has 4 heteroatoms. The Kier molecular flexibility index (Phi) is 7.09. The van der Waals surface area contributed by atoms with Crippen molar-refractivity contribution in [2.45, 2.75) is 39.7 Å². The molecule has 1 rings (SSSR count). The summed E-state index contributed by atoms with van der Waals surface area (Å²) in [5, 5.41) is 2.98. The van der Waals surface area contributed by atoms with E-state index in [1.807, 2.05) is 19.1 Å². The quantitative estimate of drug-likeness (QED) is 0.768. The number of nitrogens with two attached hydrogens (primary N) is 1. The molecule has 0 aliphatic carbocycles. The number of rotatable bonds is 8. The second-order valence-electron chi connectivity index (χ2n) is 5.41. The summed E-state index contributed by atoms with van der Waals surface area (Å²) >= 11 is 0. The lowest BCUT2D eigenvalue weighted by atomic mass is 10.0.